The van der Waals surface area contributed by atoms with E-state index >= 15 is 0 Å². The van der Waals surface area contributed by atoms with Gasteiger partial charge in [0.15, 0.2) is 0 Å². The highest BCUT2D eigenvalue weighted by molar-refractivity contribution is 6.35. The van der Waals surface area contributed by atoms with E-state index in [1.807, 2.05) is 0 Å². The van der Waals surface area contributed by atoms with Gasteiger partial charge in [-0.3, -0.25) is 9.69 Å². The van der Waals surface area contributed by atoms with Crippen LogP contribution in [-0.4, -0.2) is 41.7 Å². The Hall–Kier alpha value is -0.810. The molecule has 4 nitrogen and oxygen atoms in total. The van der Waals surface area contributed by atoms with Crippen LogP contribution in [0.3, 0.4) is 0 Å². The summed E-state index contributed by atoms with van der Waals surface area (Å²) in [5, 5.41) is 12.7. The number of hydrogen-bond donors (Lipinski definition) is 2. The highest BCUT2D eigenvalue weighted by atomic mass is 35.5. The maximum Gasteiger partial charge on any atom is 0.238 e. The van der Waals surface area contributed by atoms with Crippen LogP contribution in [0.5, 0.6) is 0 Å². The van der Waals surface area contributed by atoms with Crippen molar-refractivity contribution in [2.24, 2.45) is 0 Å². The molecule has 0 aromatic heterocycles. The number of halogens is 2. The zero-order chi connectivity index (χ0) is 15.2. The van der Waals surface area contributed by atoms with Gasteiger partial charge in [-0.05, 0) is 50.4 Å². The summed E-state index contributed by atoms with van der Waals surface area (Å²) < 4.78 is 0. The van der Waals surface area contributed by atoms with Crippen LogP contribution in [-0.2, 0) is 4.79 Å². The number of amides is 1. The molecule has 1 amide bonds. The lowest BCUT2D eigenvalue weighted by Crippen LogP contribution is -2.36. The van der Waals surface area contributed by atoms with Crippen LogP contribution in [0.1, 0.15) is 25.7 Å². The van der Waals surface area contributed by atoms with Gasteiger partial charge in [0.05, 0.1) is 17.3 Å². The minimum atomic E-state index is -0.0879. The van der Waals surface area contributed by atoms with Gasteiger partial charge in [-0.2, -0.15) is 0 Å². The Bertz CT molecular complexity index is 497. The van der Waals surface area contributed by atoms with E-state index in [0.717, 1.165) is 32.2 Å². The molecule has 0 spiro atoms. The van der Waals surface area contributed by atoms with Crippen molar-refractivity contribution in [3.63, 3.8) is 0 Å². The monoisotopic (exact) mass is 330 g/mol. The van der Waals surface area contributed by atoms with Crippen molar-refractivity contribution in [2.45, 2.75) is 31.7 Å². The summed E-state index contributed by atoms with van der Waals surface area (Å²) >= 11 is 11.9. The quantitative estimate of drug-likeness (QED) is 0.842. The number of anilines is 1. The van der Waals surface area contributed by atoms with Crippen molar-refractivity contribution >= 4 is 34.8 Å². The molecule has 1 aromatic carbocycles. The molecule has 1 heterocycles. The molecule has 21 heavy (non-hydrogen) atoms. The Morgan fingerprint density at radius 3 is 3.00 bits per heavy atom. The summed E-state index contributed by atoms with van der Waals surface area (Å²) in [6.45, 7) is 1.47. The molecule has 6 heteroatoms. The van der Waals surface area contributed by atoms with Gasteiger partial charge >= 0.3 is 0 Å². The molecule has 1 aliphatic heterocycles. The summed E-state index contributed by atoms with van der Waals surface area (Å²) in [4.78, 5) is 14.3. The van der Waals surface area contributed by atoms with Crippen molar-refractivity contribution in [3.8, 4) is 0 Å². The predicted octanol–water partition coefficient (Wildman–Crippen LogP) is 3.17. The fourth-order valence-electron chi connectivity index (χ4n) is 2.72. The minimum absolute atomic E-state index is 0.0879. The Morgan fingerprint density at radius 2 is 2.24 bits per heavy atom. The van der Waals surface area contributed by atoms with Gasteiger partial charge < -0.3 is 10.4 Å². The average molecular weight is 331 g/mol. The van der Waals surface area contributed by atoms with E-state index in [1.54, 1.807) is 18.2 Å². The van der Waals surface area contributed by atoms with E-state index < -0.39 is 0 Å². The molecule has 2 rings (SSSR count). The highest BCUT2D eigenvalue weighted by Crippen LogP contribution is 2.26. The number of carbonyl (C=O) groups excluding carboxylic acids is 1. The number of nitrogens with one attached hydrogen (secondary N) is 1. The lowest BCUT2D eigenvalue weighted by molar-refractivity contribution is -0.117. The first-order valence-corrected chi connectivity index (χ1v) is 7.95. The lowest BCUT2D eigenvalue weighted by atomic mass is 10.1. The third kappa shape index (κ3) is 4.85. The van der Waals surface area contributed by atoms with Crippen LogP contribution in [0, 0.1) is 0 Å². The molecule has 2 N–H and O–H groups in total. The maximum absolute atomic E-state index is 12.1. The van der Waals surface area contributed by atoms with Crippen molar-refractivity contribution in [3.05, 3.63) is 28.2 Å². The minimum Gasteiger partial charge on any atom is -0.396 e. The van der Waals surface area contributed by atoms with E-state index in [-0.39, 0.29) is 12.5 Å². The summed E-state index contributed by atoms with van der Waals surface area (Å²) in [5.74, 6) is -0.0879. The van der Waals surface area contributed by atoms with Gasteiger partial charge in [0.1, 0.15) is 0 Å². The van der Waals surface area contributed by atoms with E-state index in [9.17, 15) is 4.79 Å². The smallest absolute Gasteiger partial charge is 0.238 e. The van der Waals surface area contributed by atoms with Crippen LogP contribution in [0.4, 0.5) is 5.69 Å². The standard InChI is InChI=1S/C15H20Cl2N2O2/c16-11-5-6-13(17)14(9-11)18-15(21)10-19-7-1-3-12(19)4-2-8-20/h5-6,9,12,20H,1-4,7-8,10H2,(H,18,21). The van der Waals surface area contributed by atoms with Crippen LogP contribution < -0.4 is 5.32 Å². The number of carbonyl (C=O) groups is 1. The van der Waals surface area contributed by atoms with Crippen molar-refractivity contribution in [2.75, 3.05) is 25.0 Å². The predicted molar refractivity (Wildman–Crippen MR) is 86.0 cm³/mol. The first-order valence-electron chi connectivity index (χ1n) is 7.20. The van der Waals surface area contributed by atoms with Crippen molar-refractivity contribution in [1.29, 1.82) is 0 Å². The SMILES string of the molecule is O=C(CN1CCCC1CCCO)Nc1cc(Cl)ccc1Cl. The normalized spacial score (nSPS) is 18.9. The molecule has 0 radical (unpaired) electrons. The molecule has 1 saturated heterocycles. The fourth-order valence-corrected chi connectivity index (χ4v) is 3.06. The molecular weight excluding hydrogens is 311 g/mol. The number of likely N-dealkylation sites (tertiary alicyclic amines) is 1. The van der Waals surface area contributed by atoms with Gasteiger partial charge in [-0.15, -0.1) is 0 Å². The second-order valence-corrected chi connectivity index (χ2v) is 6.15. The topological polar surface area (TPSA) is 52.6 Å². The fraction of sp³-hybridized carbons (Fsp3) is 0.533. The Kier molecular flexibility index (Phi) is 6.30. The van der Waals surface area contributed by atoms with Crippen LogP contribution >= 0.6 is 23.2 Å². The first kappa shape index (κ1) is 16.6. The zero-order valence-corrected chi connectivity index (χ0v) is 13.3. The zero-order valence-electron chi connectivity index (χ0n) is 11.8. The lowest BCUT2D eigenvalue weighted by Gasteiger charge is -2.23. The molecule has 116 valence electrons. The van der Waals surface area contributed by atoms with Gasteiger partial charge in [-0.1, -0.05) is 23.2 Å². The van der Waals surface area contributed by atoms with E-state index in [1.165, 1.54) is 0 Å². The van der Waals surface area contributed by atoms with Crippen LogP contribution in [0.15, 0.2) is 18.2 Å². The highest BCUT2D eigenvalue weighted by Gasteiger charge is 2.25. The first-order chi connectivity index (χ1) is 10.1. The number of aliphatic hydroxyl groups excluding tert-OH is 1. The maximum atomic E-state index is 12.1. The number of hydrogen-bond acceptors (Lipinski definition) is 3. The Morgan fingerprint density at radius 1 is 1.43 bits per heavy atom. The molecule has 0 aliphatic carbocycles. The molecule has 1 aromatic rings. The molecule has 0 bridgehead atoms. The molecule has 1 fully saturated rings. The Balaban J connectivity index is 1.90. The number of benzene rings is 1. The van der Waals surface area contributed by atoms with Crippen LogP contribution in [0.25, 0.3) is 0 Å². The summed E-state index contributed by atoms with van der Waals surface area (Å²) in [7, 11) is 0. The number of aliphatic hydroxyl groups is 1. The van der Waals surface area contributed by atoms with E-state index in [4.69, 9.17) is 28.3 Å². The summed E-state index contributed by atoms with van der Waals surface area (Å²) in [6.07, 6.45) is 3.90. The number of rotatable bonds is 6. The third-order valence-electron chi connectivity index (χ3n) is 3.74. The largest absolute Gasteiger partial charge is 0.396 e. The summed E-state index contributed by atoms with van der Waals surface area (Å²) in [5.41, 5.74) is 0.542. The van der Waals surface area contributed by atoms with Gasteiger partial charge in [0, 0.05) is 17.7 Å². The molecule has 0 saturated carbocycles. The second-order valence-electron chi connectivity index (χ2n) is 5.30. The molecule has 1 unspecified atom stereocenters. The number of nitrogens with zero attached hydrogens (tertiary/aromatic N) is 1. The van der Waals surface area contributed by atoms with E-state index in [0.29, 0.717) is 28.3 Å². The third-order valence-corrected chi connectivity index (χ3v) is 4.31. The van der Waals surface area contributed by atoms with Crippen molar-refractivity contribution in [1.82, 2.24) is 4.90 Å². The van der Waals surface area contributed by atoms with Gasteiger partial charge in [0.25, 0.3) is 0 Å². The molecular formula is C15H20Cl2N2O2. The summed E-state index contributed by atoms with van der Waals surface area (Å²) in [6, 6.07) is 5.39. The van der Waals surface area contributed by atoms with Gasteiger partial charge in [-0.25, -0.2) is 0 Å². The second kappa shape index (κ2) is 7.99. The van der Waals surface area contributed by atoms with Crippen LogP contribution in [0.2, 0.25) is 10.0 Å². The molecule has 1 aliphatic rings. The van der Waals surface area contributed by atoms with Crippen molar-refractivity contribution < 1.29 is 9.90 Å². The average Bonchev–Trinajstić information content (AvgIpc) is 2.87. The van der Waals surface area contributed by atoms with E-state index in [2.05, 4.69) is 10.2 Å². The molecule has 1 atom stereocenters. The van der Waals surface area contributed by atoms with Gasteiger partial charge in [0.2, 0.25) is 5.91 Å². The Labute approximate surface area is 135 Å².